The number of rotatable bonds is 2. The molecule has 1 heterocycles. The van der Waals surface area contributed by atoms with Crippen LogP contribution in [0.25, 0.3) is 0 Å². The quantitative estimate of drug-likeness (QED) is 0.873. The lowest BCUT2D eigenvalue weighted by Gasteiger charge is -2.15. The highest BCUT2D eigenvalue weighted by molar-refractivity contribution is 8.14. The van der Waals surface area contributed by atoms with Crippen molar-refractivity contribution in [2.24, 2.45) is 4.99 Å². The average Bonchev–Trinajstić information content (AvgIpc) is 2.68. The summed E-state index contributed by atoms with van der Waals surface area (Å²) in [6.45, 7) is 6.81. The zero-order valence-corrected chi connectivity index (χ0v) is 11.1. The van der Waals surface area contributed by atoms with Crippen LogP contribution in [0.3, 0.4) is 0 Å². The standard InChI is InChI=1S/C13H17FN2S/c1-8-4-5-11(6-12(8)14)10(3)16-13-15-7-9(2)17-13/h4-6,9-10H,7H2,1-3H3,(H,15,16). The number of hydrogen-bond donors (Lipinski definition) is 1. The minimum absolute atomic E-state index is 0.0849. The topological polar surface area (TPSA) is 24.4 Å². The van der Waals surface area contributed by atoms with Crippen LogP contribution in [0.2, 0.25) is 0 Å². The number of amidine groups is 1. The van der Waals surface area contributed by atoms with Crippen molar-refractivity contribution in [3.8, 4) is 0 Å². The van der Waals surface area contributed by atoms with Gasteiger partial charge in [0.05, 0.1) is 12.6 Å². The zero-order chi connectivity index (χ0) is 12.4. The molecule has 4 heteroatoms. The van der Waals surface area contributed by atoms with E-state index in [1.807, 2.05) is 19.1 Å². The van der Waals surface area contributed by atoms with Crippen molar-refractivity contribution in [2.75, 3.05) is 6.54 Å². The van der Waals surface area contributed by atoms with Gasteiger partial charge in [0.25, 0.3) is 0 Å². The highest BCUT2D eigenvalue weighted by Crippen LogP contribution is 2.22. The Hall–Kier alpha value is -1.03. The van der Waals surface area contributed by atoms with Crippen LogP contribution in [-0.2, 0) is 0 Å². The summed E-state index contributed by atoms with van der Waals surface area (Å²) < 4.78 is 13.5. The molecule has 1 N–H and O–H groups in total. The molecule has 1 aliphatic heterocycles. The van der Waals surface area contributed by atoms with Crippen molar-refractivity contribution < 1.29 is 4.39 Å². The smallest absolute Gasteiger partial charge is 0.157 e. The zero-order valence-electron chi connectivity index (χ0n) is 10.3. The van der Waals surface area contributed by atoms with Gasteiger partial charge >= 0.3 is 0 Å². The number of aryl methyl sites for hydroxylation is 1. The predicted molar refractivity (Wildman–Crippen MR) is 72.0 cm³/mol. The Morgan fingerprint density at radius 2 is 2.29 bits per heavy atom. The van der Waals surface area contributed by atoms with Gasteiger partial charge in [0.1, 0.15) is 5.82 Å². The highest BCUT2D eigenvalue weighted by atomic mass is 32.2. The largest absolute Gasteiger partial charge is 0.358 e. The number of aliphatic imine (C=N–C) groups is 1. The van der Waals surface area contributed by atoms with Gasteiger partial charge in [-0.25, -0.2) is 4.39 Å². The van der Waals surface area contributed by atoms with E-state index in [9.17, 15) is 4.39 Å². The third-order valence-electron chi connectivity index (χ3n) is 2.84. The van der Waals surface area contributed by atoms with Crippen LogP contribution >= 0.6 is 11.8 Å². The van der Waals surface area contributed by atoms with Gasteiger partial charge in [-0.3, -0.25) is 4.99 Å². The van der Waals surface area contributed by atoms with E-state index in [0.717, 1.165) is 17.3 Å². The molecule has 0 fully saturated rings. The maximum atomic E-state index is 13.5. The molecule has 2 rings (SSSR count). The molecule has 0 saturated carbocycles. The van der Waals surface area contributed by atoms with Crippen molar-refractivity contribution in [2.45, 2.75) is 32.1 Å². The normalized spacial score (nSPS) is 21.2. The first-order valence-corrected chi connectivity index (χ1v) is 6.68. The Morgan fingerprint density at radius 3 is 2.88 bits per heavy atom. The summed E-state index contributed by atoms with van der Waals surface area (Å²) in [6, 6.07) is 5.45. The third kappa shape index (κ3) is 3.00. The van der Waals surface area contributed by atoms with Gasteiger partial charge in [-0.1, -0.05) is 30.8 Å². The fraction of sp³-hybridized carbons (Fsp3) is 0.462. The molecule has 1 aromatic rings. The molecular formula is C13H17FN2S. The lowest BCUT2D eigenvalue weighted by molar-refractivity contribution is 0.609. The Kier molecular flexibility index (Phi) is 3.72. The average molecular weight is 252 g/mol. The fourth-order valence-electron chi connectivity index (χ4n) is 1.70. The number of nitrogens with zero attached hydrogens (tertiary/aromatic N) is 1. The molecule has 0 spiro atoms. The van der Waals surface area contributed by atoms with E-state index >= 15 is 0 Å². The van der Waals surface area contributed by atoms with E-state index < -0.39 is 0 Å². The Balaban J connectivity index is 2.04. The van der Waals surface area contributed by atoms with Gasteiger partial charge in [-0.2, -0.15) is 0 Å². The van der Waals surface area contributed by atoms with Crippen LogP contribution in [-0.4, -0.2) is 17.0 Å². The number of hydrogen-bond acceptors (Lipinski definition) is 3. The Labute approximate surface area is 106 Å². The minimum atomic E-state index is -0.148. The lowest BCUT2D eigenvalue weighted by Crippen LogP contribution is -2.23. The second-order valence-electron chi connectivity index (χ2n) is 4.45. The van der Waals surface area contributed by atoms with E-state index in [0.29, 0.717) is 10.8 Å². The van der Waals surface area contributed by atoms with Crippen LogP contribution in [0.15, 0.2) is 23.2 Å². The molecule has 1 aliphatic rings. The molecule has 0 saturated heterocycles. The summed E-state index contributed by atoms with van der Waals surface area (Å²) in [4.78, 5) is 4.40. The summed E-state index contributed by atoms with van der Waals surface area (Å²) >= 11 is 1.74. The van der Waals surface area contributed by atoms with Gasteiger partial charge in [0.2, 0.25) is 0 Å². The summed E-state index contributed by atoms with van der Waals surface area (Å²) in [5, 5.41) is 4.82. The molecule has 2 unspecified atom stereocenters. The molecule has 0 aromatic heterocycles. The molecular weight excluding hydrogens is 235 g/mol. The second-order valence-corrected chi connectivity index (χ2v) is 5.88. The van der Waals surface area contributed by atoms with Crippen LogP contribution in [0.1, 0.15) is 31.0 Å². The van der Waals surface area contributed by atoms with Crippen LogP contribution in [0, 0.1) is 12.7 Å². The monoisotopic (exact) mass is 252 g/mol. The van der Waals surface area contributed by atoms with Crippen molar-refractivity contribution in [1.29, 1.82) is 0 Å². The van der Waals surface area contributed by atoms with E-state index in [1.165, 1.54) is 0 Å². The maximum Gasteiger partial charge on any atom is 0.157 e. The summed E-state index contributed by atoms with van der Waals surface area (Å²) in [7, 11) is 0. The first kappa shape index (κ1) is 12.4. The van der Waals surface area contributed by atoms with Crippen LogP contribution < -0.4 is 5.32 Å². The van der Waals surface area contributed by atoms with Crippen molar-refractivity contribution >= 4 is 16.9 Å². The predicted octanol–water partition coefficient (Wildman–Crippen LogP) is 3.28. The van der Waals surface area contributed by atoms with Crippen molar-refractivity contribution in [3.05, 3.63) is 35.1 Å². The van der Waals surface area contributed by atoms with Gasteiger partial charge in [0, 0.05) is 5.25 Å². The summed E-state index contributed by atoms with van der Waals surface area (Å²) in [5.41, 5.74) is 1.64. The first-order chi connectivity index (χ1) is 8.06. The second kappa shape index (κ2) is 5.08. The SMILES string of the molecule is Cc1ccc(C(C)NC2=NCC(C)S2)cc1F. The van der Waals surface area contributed by atoms with Gasteiger partial charge in [-0.05, 0) is 31.0 Å². The Morgan fingerprint density at radius 1 is 1.53 bits per heavy atom. The number of thioether (sulfide) groups is 1. The van der Waals surface area contributed by atoms with Gasteiger partial charge in [-0.15, -0.1) is 0 Å². The number of benzene rings is 1. The molecule has 2 nitrogen and oxygen atoms in total. The molecule has 1 aromatic carbocycles. The number of halogens is 1. The van der Waals surface area contributed by atoms with E-state index in [4.69, 9.17) is 0 Å². The molecule has 2 atom stereocenters. The van der Waals surface area contributed by atoms with E-state index in [2.05, 4.69) is 17.2 Å². The molecule has 0 bridgehead atoms. The molecule has 0 radical (unpaired) electrons. The van der Waals surface area contributed by atoms with E-state index in [-0.39, 0.29) is 11.9 Å². The Bertz CT molecular complexity index is 445. The highest BCUT2D eigenvalue weighted by Gasteiger charge is 2.17. The number of nitrogens with one attached hydrogen (secondary N) is 1. The molecule has 0 aliphatic carbocycles. The van der Waals surface area contributed by atoms with Crippen molar-refractivity contribution in [3.63, 3.8) is 0 Å². The summed E-state index contributed by atoms with van der Waals surface area (Å²) in [6.07, 6.45) is 0. The van der Waals surface area contributed by atoms with Gasteiger partial charge in [0.15, 0.2) is 5.17 Å². The summed E-state index contributed by atoms with van der Waals surface area (Å²) in [5.74, 6) is -0.148. The fourth-order valence-corrected chi connectivity index (χ4v) is 2.63. The first-order valence-electron chi connectivity index (χ1n) is 5.80. The van der Waals surface area contributed by atoms with Crippen LogP contribution in [0.4, 0.5) is 4.39 Å². The van der Waals surface area contributed by atoms with Crippen molar-refractivity contribution in [1.82, 2.24) is 5.32 Å². The molecule has 92 valence electrons. The maximum absolute atomic E-state index is 13.5. The molecule has 17 heavy (non-hydrogen) atoms. The third-order valence-corrected chi connectivity index (χ3v) is 3.86. The molecule has 0 amide bonds. The minimum Gasteiger partial charge on any atom is -0.358 e. The van der Waals surface area contributed by atoms with Gasteiger partial charge < -0.3 is 5.32 Å². The van der Waals surface area contributed by atoms with Crippen LogP contribution in [0.5, 0.6) is 0 Å². The van der Waals surface area contributed by atoms with E-state index in [1.54, 1.807) is 24.8 Å². The lowest BCUT2D eigenvalue weighted by atomic mass is 10.1.